The minimum Gasteiger partial charge on any atom is -0.379 e. The average molecular weight is 258 g/mol. The van der Waals surface area contributed by atoms with Crippen LogP contribution in [0.1, 0.15) is 13.3 Å². The molecule has 0 saturated carbocycles. The van der Waals surface area contributed by atoms with Crippen molar-refractivity contribution in [3.8, 4) is 0 Å². The Morgan fingerprint density at radius 2 is 2.44 bits per heavy atom. The van der Waals surface area contributed by atoms with E-state index in [4.69, 9.17) is 11.1 Å². The molecule has 0 radical (unpaired) electrons. The molecule has 0 aromatic rings. The Morgan fingerprint density at radius 1 is 1.89 bits per heavy atom. The second-order valence-electron chi connectivity index (χ2n) is 1.78. The summed E-state index contributed by atoms with van der Waals surface area (Å²) in [5.74, 6) is 0.972. The first-order chi connectivity index (χ1) is 4.13. The molecule has 0 saturated heterocycles. The summed E-state index contributed by atoms with van der Waals surface area (Å²) in [6.07, 6.45) is 1.13. The SMILES string of the molecule is C[C@@H](I)CCSC(=N)N. The second kappa shape index (κ2) is 5.34. The molecule has 0 bridgehead atoms. The van der Waals surface area contributed by atoms with Crippen molar-refractivity contribution in [2.75, 3.05) is 5.75 Å². The van der Waals surface area contributed by atoms with Gasteiger partial charge in [-0.15, -0.1) is 0 Å². The quantitative estimate of drug-likeness (QED) is 0.351. The molecule has 0 aromatic carbocycles. The van der Waals surface area contributed by atoms with Gasteiger partial charge < -0.3 is 5.73 Å². The van der Waals surface area contributed by atoms with E-state index in [0.29, 0.717) is 3.92 Å². The molecule has 2 nitrogen and oxygen atoms in total. The fourth-order valence-electron chi connectivity index (χ4n) is 0.331. The molecular formula is C5H11IN2S. The number of alkyl halides is 1. The first-order valence-corrected chi connectivity index (χ1v) is 4.97. The maximum atomic E-state index is 6.88. The molecule has 0 fully saturated rings. The number of hydrogen-bond acceptors (Lipinski definition) is 2. The normalized spacial score (nSPS) is 13.1. The van der Waals surface area contributed by atoms with Crippen molar-refractivity contribution in [2.24, 2.45) is 5.73 Å². The standard InChI is InChI=1S/C5H11IN2S/c1-4(6)2-3-9-5(7)8/h4H,2-3H2,1H3,(H3,7,8)/t4-/m1/s1. The number of nitrogens with two attached hydrogens (primary N) is 1. The third-order valence-corrected chi connectivity index (χ3v) is 2.15. The molecule has 3 N–H and O–H groups in total. The van der Waals surface area contributed by atoms with E-state index in [0.717, 1.165) is 12.2 Å². The Labute approximate surface area is 73.6 Å². The fourth-order valence-corrected chi connectivity index (χ4v) is 1.76. The molecule has 0 aromatic heterocycles. The number of amidine groups is 1. The van der Waals surface area contributed by atoms with Gasteiger partial charge in [-0.1, -0.05) is 41.3 Å². The Morgan fingerprint density at radius 3 is 2.78 bits per heavy atom. The molecule has 0 aliphatic carbocycles. The summed E-state index contributed by atoms with van der Waals surface area (Å²) in [6, 6.07) is 0. The van der Waals surface area contributed by atoms with Crippen LogP contribution in [0.2, 0.25) is 0 Å². The van der Waals surface area contributed by atoms with Gasteiger partial charge in [-0.05, 0) is 6.42 Å². The number of rotatable bonds is 3. The van der Waals surface area contributed by atoms with E-state index in [1.165, 1.54) is 11.8 Å². The van der Waals surface area contributed by atoms with E-state index in [-0.39, 0.29) is 5.17 Å². The van der Waals surface area contributed by atoms with Crippen LogP contribution >= 0.6 is 34.4 Å². The molecule has 0 spiro atoms. The van der Waals surface area contributed by atoms with E-state index in [2.05, 4.69) is 29.5 Å². The van der Waals surface area contributed by atoms with Gasteiger partial charge in [0.1, 0.15) is 0 Å². The van der Waals surface area contributed by atoms with E-state index < -0.39 is 0 Å². The zero-order chi connectivity index (χ0) is 7.28. The second-order valence-corrected chi connectivity index (χ2v) is 5.05. The smallest absolute Gasteiger partial charge is 0.151 e. The molecule has 4 heteroatoms. The highest BCUT2D eigenvalue weighted by Crippen LogP contribution is 2.09. The van der Waals surface area contributed by atoms with Crippen LogP contribution in [0.25, 0.3) is 0 Å². The number of halogens is 1. The lowest BCUT2D eigenvalue weighted by molar-refractivity contribution is 0.951. The van der Waals surface area contributed by atoms with Crippen LogP contribution in [0.4, 0.5) is 0 Å². The van der Waals surface area contributed by atoms with Crippen molar-refractivity contribution >= 4 is 39.5 Å². The summed E-state index contributed by atoms with van der Waals surface area (Å²) in [5, 5.41) is 7.11. The van der Waals surface area contributed by atoms with E-state index >= 15 is 0 Å². The topological polar surface area (TPSA) is 49.9 Å². The number of thioether (sulfide) groups is 1. The maximum Gasteiger partial charge on any atom is 0.151 e. The predicted molar refractivity (Wildman–Crippen MR) is 52.5 cm³/mol. The van der Waals surface area contributed by atoms with Crippen molar-refractivity contribution in [3.05, 3.63) is 0 Å². The molecule has 0 rings (SSSR count). The maximum absolute atomic E-state index is 6.88. The summed E-state index contributed by atoms with van der Waals surface area (Å²) in [4.78, 5) is 0. The van der Waals surface area contributed by atoms with Crippen LogP contribution in [-0.2, 0) is 0 Å². The van der Waals surface area contributed by atoms with E-state index in [1.807, 2.05) is 0 Å². The first-order valence-electron chi connectivity index (χ1n) is 2.74. The van der Waals surface area contributed by atoms with Crippen molar-refractivity contribution < 1.29 is 0 Å². The molecular weight excluding hydrogens is 247 g/mol. The van der Waals surface area contributed by atoms with Crippen molar-refractivity contribution in [3.63, 3.8) is 0 Å². The van der Waals surface area contributed by atoms with Crippen molar-refractivity contribution in [1.82, 2.24) is 0 Å². The Kier molecular flexibility index (Phi) is 5.67. The highest BCUT2D eigenvalue weighted by atomic mass is 127. The predicted octanol–water partition coefficient (Wildman–Crippen LogP) is 1.83. The van der Waals surface area contributed by atoms with Gasteiger partial charge in [0.25, 0.3) is 0 Å². The lowest BCUT2D eigenvalue weighted by Gasteiger charge is -1.99. The summed E-state index contributed by atoms with van der Waals surface area (Å²) < 4.78 is 0.689. The molecule has 54 valence electrons. The fraction of sp³-hybridized carbons (Fsp3) is 0.800. The molecule has 0 aliphatic rings. The van der Waals surface area contributed by atoms with Gasteiger partial charge in [-0.2, -0.15) is 0 Å². The molecule has 0 aliphatic heterocycles. The summed E-state index contributed by atoms with van der Waals surface area (Å²) in [6.45, 7) is 2.15. The highest BCUT2D eigenvalue weighted by Gasteiger charge is 1.95. The zero-order valence-electron chi connectivity index (χ0n) is 5.36. The molecule has 9 heavy (non-hydrogen) atoms. The monoisotopic (exact) mass is 258 g/mol. The molecule has 0 amide bonds. The minimum atomic E-state index is 0.229. The van der Waals surface area contributed by atoms with Gasteiger partial charge >= 0.3 is 0 Å². The largest absolute Gasteiger partial charge is 0.379 e. The van der Waals surface area contributed by atoms with Crippen LogP contribution in [0.5, 0.6) is 0 Å². The van der Waals surface area contributed by atoms with Crippen molar-refractivity contribution in [2.45, 2.75) is 17.3 Å². The summed E-state index contributed by atoms with van der Waals surface area (Å²) in [7, 11) is 0. The van der Waals surface area contributed by atoms with Crippen molar-refractivity contribution in [1.29, 1.82) is 5.41 Å². The van der Waals surface area contributed by atoms with Crippen LogP contribution in [0, 0.1) is 5.41 Å². The lowest BCUT2D eigenvalue weighted by Crippen LogP contribution is -2.05. The van der Waals surface area contributed by atoms with Crippen LogP contribution < -0.4 is 5.73 Å². The number of hydrogen-bond donors (Lipinski definition) is 2. The van der Waals surface area contributed by atoms with Gasteiger partial charge in [0.2, 0.25) is 0 Å². The van der Waals surface area contributed by atoms with Gasteiger partial charge in [-0.3, -0.25) is 5.41 Å². The highest BCUT2D eigenvalue weighted by molar-refractivity contribution is 14.1. The lowest BCUT2D eigenvalue weighted by atomic mass is 10.4. The Hall–Kier alpha value is 0.550. The Balaban J connectivity index is 3.01. The van der Waals surface area contributed by atoms with Gasteiger partial charge in [0, 0.05) is 9.68 Å². The molecule has 0 unspecified atom stereocenters. The van der Waals surface area contributed by atoms with Crippen LogP contribution in [-0.4, -0.2) is 14.8 Å². The van der Waals surface area contributed by atoms with E-state index in [1.54, 1.807) is 0 Å². The minimum absolute atomic E-state index is 0.229. The van der Waals surface area contributed by atoms with Gasteiger partial charge in [0.05, 0.1) is 0 Å². The van der Waals surface area contributed by atoms with Gasteiger partial charge in [0.15, 0.2) is 5.17 Å². The van der Waals surface area contributed by atoms with Crippen LogP contribution in [0.15, 0.2) is 0 Å². The summed E-state index contributed by atoms with van der Waals surface area (Å²) in [5.41, 5.74) is 5.12. The average Bonchev–Trinajstić information content (AvgIpc) is 1.63. The molecule has 1 atom stereocenters. The third-order valence-electron chi connectivity index (χ3n) is 0.773. The number of nitrogens with one attached hydrogen (secondary N) is 1. The zero-order valence-corrected chi connectivity index (χ0v) is 8.33. The first kappa shape index (κ1) is 9.55. The Bertz CT molecular complexity index is 95.0. The summed E-state index contributed by atoms with van der Waals surface area (Å²) >= 11 is 3.78. The third kappa shape index (κ3) is 8.55. The van der Waals surface area contributed by atoms with Gasteiger partial charge in [-0.25, -0.2) is 0 Å². The molecule has 0 heterocycles. The van der Waals surface area contributed by atoms with E-state index in [9.17, 15) is 0 Å². The van der Waals surface area contributed by atoms with Crippen LogP contribution in [0.3, 0.4) is 0 Å².